The van der Waals surface area contributed by atoms with Gasteiger partial charge in [-0.1, -0.05) is 0 Å². The van der Waals surface area contributed by atoms with Gasteiger partial charge in [0.2, 0.25) is 0 Å². The van der Waals surface area contributed by atoms with Gasteiger partial charge in [-0.15, -0.1) is 0 Å². The van der Waals surface area contributed by atoms with Gasteiger partial charge in [0.05, 0.1) is 23.0 Å². The molecule has 0 bridgehead atoms. The average molecular weight is 526 g/mol. The van der Waals surface area contributed by atoms with Crippen LogP contribution < -0.4 is 10.6 Å². The van der Waals surface area contributed by atoms with Gasteiger partial charge in [0.25, 0.3) is 11.8 Å². The maximum absolute atomic E-state index is 13.4. The van der Waals surface area contributed by atoms with E-state index in [1.807, 2.05) is 0 Å². The molecule has 10 nitrogen and oxygen atoms in total. The lowest BCUT2D eigenvalue weighted by Crippen LogP contribution is -2.25. The quantitative estimate of drug-likeness (QED) is 0.412. The van der Waals surface area contributed by atoms with Crippen molar-refractivity contribution in [3.05, 3.63) is 63.7 Å². The molecule has 0 spiro atoms. The Morgan fingerprint density at radius 3 is 2.64 bits per heavy atom. The van der Waals surface area contributed by atoms with Crippen LogP contribution in [0.25, 0.3) is 5.65 Å². The highest BCUT2D eigenvalue weighted by atomic mass is 79.9. The number of furan rings is 1. The highest BCUT2D eigenvalue weighted by molar-refractivity contribution is 9.10. The second-order valence-electron chi connectivity index (χ2n) is 6.96. The fourth-order valence-electron chi connectivity index (χ4n) is 3.05. The van der Waals surface area contributed by atoms with Gasteiger partial charge in [-0.3, -0.25) is 14.3 Å². The highest BCUT2D eigenvalue weighted by Crippen LogP contribution is 2.32. The van der Waals surface area contributed by atoms with Gasteiger partial charge in [0.1, 0.15) is 11.5 Å². The van der Waals surface area contributed by atoms with E-state index in [2.05, 4.69) is 41.7 Å². The Morgan fingerprint density at radius 1 is 1.21 bits per heavy atom. The van der Waals surface area contributed by atoms with Crippen LogP contribution in [0.15, 0.2) is 39.5 Å². The van der Waals surface area contributed by atoms with Crippen LogP contribution in [-0.2, 0) is 19.8 Å². The summed E-state index contributed by atoms with van der Waals surface area (Å²) in [6, 6.07) is 4.17. The third kappa shape index (κ3) is 4.46. The Bertz CT molecular complexity index is 1360. The van der Waals surface area contributed by atoms with Crippen LogP contribution in [0.1, 0.15) is 38.1 Å². The van der Waals surface area contributed by atoms with Crippen molar-refractivity contribution in [2.75, 3.05) is 5.32 Å². The summed E-state index contributed by atoms with van der Waals surface area (Å²) in [7, 11) is 1.54. The van der Waals surface area contributed by atoms with E-state index in [4.69, 9.17) is 4.42 Å². The molecule has 0 unspecified atom stereocenters. The minimum Gasteiger partial charge on any atom is -0.467 e. The number of hydrogen-bond acceptors (Lipinski definition) is 6. The van der Waals surface area contributed by atoms with Crippen molar-refractivity contribution in [3.63, 3.8) is 0 Å². The molecule has 0 atom stereocenters. The monoisotopic (exact) mass is 525 g/mol. The number of rotatable bonds is 5. The summed E-state index contributed by atoms with van der Waals surface area (Å²) in [5, 5.41) is 12.9. The average Bonchev–Trinajstić information content (AvgIpc) is 3.45. The molecule has 0 fully saturated rings. The predicted molar refractivity (Wildman–Crippen MR) is 111 cm³/mol. The number of carbonyl (C=O) groups is 2. The van der Waals surface area contributed by atoms with Gasteiger partial charge in [-0.2, -0.15) is 23.4 Å². The number of nitrogens with zero attached hydrogens (tertiary/aromatic N) is 5. The van der Waals surface area contributed by atoms with Crippen LogP contribution in [0.5, 0.6) is 0 Å². The number of aryl methyl sites for hydroxylation is 2. The van der Waals surface area contributed by atoms with E-state index in [-0.39, 0.29) is 39.4 Å². The first-order valence-corrected chi connectivity index (χ1v) is 10.1. The van der Waals surface area contributed by atoms with Crippen molar-refractivity contribution in [1.82, 2.24) is 29.7 Å². The molecule has 0 aliphatic carbocycles. The van der Waals surface area contributed by atoms with Crippen molar-refractivity contribution in [2.24, 2.45) is 7.05 Å². The van der Waals surface area contributed by atoms with Gasteiger partial charge in [-0.25, -0.2) is 9.50 Å². The minimum atomic E-state index is -4.71. The number of amides is 2. The SMILES string of the molecule is Cc1cc(C(F)(F)F)n2nc(C(=O)Nc3cn(C)nc3C(=O)NCc3ccco3)c(Br)c2n1. The van der Waals surface area contributed by atoms with E-state index in [1.54, 1.807) is 19.2 Å². The Hall–Kier alpha value is -3.68. The third-order valence-electron chi connectivity index (χ3n) is 4.46. The topological polar surface area (TPSA) is 119 Å². The summed E-state index contributed by atoms with van der Waals surface area (Å²) in [6.45, 7) is 1.50. The van der Waals surface area contributed by atoms with Crippen molar-refractivity contribution in [1.29, 1.82) is 0 Å². The highest BCUT2D eigenvalue weighted by Gasteiger charge is 2.36. The molecule has 4 aromatic heterocycles. The van der Waals surface area contributed by atoms with Crippen molar-refractivity contribution in [3.8, 4) is 0 Å². The first kappa shape index (κ1) is 22.5. The molecule has 0 saturated heterocycles. The van der Waals surface area contributed by atoms with Crippen molar-refractivity contribution in [2.45, 2.75) is 19.6 Å². The second-order valence-corrected chi connectivity index (χ2v) is 7.75. The Kier molecular flexibility index (Phi) is 5.69. The van der Waals surface area contributed by atoms with Crippen LogP contribution in [-0.4, -0.2) is 36.2 Å². The van der Waals surface area contributed by atoms with E-state index in [1.165, 1.54) is 24.1 Å². The molecule has 0 aromatic carbocycles. The number of carbonyl (C=O) groups excluding carboxylic acids is 2. The van der Waals surface area contributed by atoms with E-state index in [9.17, 15) is 22.8 Å². The van der Waals surface area contributed by atoms with E-state index in [0.717, 1.165) is 6.07 Å². The zero-order valence-electron chi connectivity index (χ0n) is 17.1. The van der Waals surface area contributed by atoms with Gasteiger partial charge in [0, 0.05) is 18.9 Å². The lowest BCUT2D eigenvalue weighted by atomic mass is 10.3. The standard InChI is InChI=1S/C19H15BrF3N7O3/c1-9-6-12(19(21,22)23)30-16(25-9)13(20)15(28-30)18(32)26-11-8-29(2)27-14(11)17(31)24-7-10-4-3-5-33-10/h3-6,8H,7H2,1-2H3,(H,24,31)(H,26,32). The Labute approximate surface area is 191 Å². The lowest BCUT2D eigenvalue weighted by molar-refractivity contribution is -0.142. The van der Waals surface area contributed by atoms with Crippen LogP contribution in [0.3, 0.4) is 0 Å². The normalized spacial score (nSPS) is 11.7. The van der Waals surface area contributed by atoms with Gasteiger partial charge in [-0.05, 0) is 41.1 Å². The van der Waals surface area contributed by atoms with Crippen LogP contribution in [0, 0.1) is 6.92 Å². The fourth-order valence-corrected chi connectivity index (χ4v) is 3.57. The molecule has 0 radical (unpaired) electrons. The number of anilines is 1. The molecule has 2 amide bonds. The van der Waals surface area contributed by atoms with Gasteiger partial charge < -0.3 is 15.1 Å². The first-order chi connectivity index (χ1) is 15.5. The number of hydrogen-bond donors (Lipinski definition) is 2. The summed E-state index contributed by atoms with van der Waals surface area (Å²) >= 11 is 3.12. The summed E-state index contributed by atoms with van der Waals surface area (Å²) in [5.74, 6) is -0.930. The van der Waals surface area contributed by atoms with E-state index >= 15 is 0 Å². The van der Waals surface area contributed by atoms with Crippen molar-refractivity contribution >= 4 is 39.1 Å². The molecule has 4 aromatic rings. The number of fused-ring (bicyclic) bond motifs is 1. The number of alkyl halides is 3. The van der Waals surface area contributed by atoms with E-state index in [0.29, 0.717) is 10.3 Å². The first-order valence-electron chi connectivity index (χ1n) is 9.33. The number of halogens is 4. The molecule has 4 heterocycles. The Morgan fingerprint density at radius 2 is 1.97 bits per heavy atom. The third-order valence-corrected chi connectivity index (χ3v) is 5.19. The van der Waals surface area contributed by atoms with Gasteiger partial charge >= 0.3 is 6.18 Å². The van der Waals surface area contributed by atoms with Crippen LogP contribution in [0.2, 0.25) is 0 Å². The number of nitrogens with one attached hydrogen (secondary N) is 2. The molecular weight excluding hydrogens is 511 g/mol. The molecule has 33 heavy (non-hydrogen) atoms. The van der Waals surface area contributed by atoms with Gasteiger partial charge in [0.15, 0.2) is 17.0 Å². The lowest BCUT2D eigenvalue weighted by Gasteiger charge is -2.09. The smallest absolute Gasteiger partial charge is 0.433 e. The van der Waals surface area contributed by atoms with Crippen LogP contribution >= 0.6 is 15.9 Å². The molecule has 0 aliphatic heterocycles. The van der Waals surface area contributed by atoms with E-state index < -0.39 is 23.7 Å². The van der Waals surface area contributed by atoms with Crippen molar-refractivity contribution < 1.29 is 27.2 Å². The predicted octanol–water partition coefficient (Wildman–Crippen LogP) is 3.33. The minimum absolute atomic E-state index is 0.0260. The maximum atomic E-state index is 13.4. The number of aromatic nitrogens is 5. The van der Waals surface area contributed by atoms with Crippen LogP contribution in [0.4, 0.5) is 18.9 Å². The summed E-state index contributed by atoms with van der Waals surface area (Å²) in [5.41, 5.74) is -1.54. The molecular formula is C19H15BrF3N7O3. The zero-order valence-corrected chi connectivity index (χ0v) is 18.7. The fraction of sp³-hybridized carbons (Fsp3) is 0.211. The second kappa shape index (κ2) is 8.35. The molecule has 172 valence electrons. The molecule has 4 rings (SSSR count). The largest absolute Gasteiger partial charge is 0.467 e. The summed E-state index contributed by atoms with van der Waals surface area (Å²) in [4.78, 5) is 29.5. The molecule has 0 saturated carbocycles. The molecule has 0 aliphatic rings. The maximum Gasteiger partial charge on any atom is 0.433 e. The molecule has 2 N–H and O–H groups in total. The zero-order chi connectivity index (χ0) is 23.9. The summed E-state index contributed by atoms with van der Waals surface area (Å²) in [6.07, 6.45) is -1.87. The molecule has 14 heteroatoms. The summed E-state index contributed by atoms with van der Waals surface area (Å²) < 4.78 is 47.3. The Balaban J connectivity index is 1.63.